The minimum Gasteiger partial charge on any atom is -0.327 e. The summed E-state index contributed by atoms with van der Waals surface area (Å²) in [5, 5.41) is 0. The Balaban J connectivity index is 1.91. The van der Waals surface area contributed by atoms with Crippen molar-refractivity contribution in [2.45, 2.75) is 103 Å². The van der Waals surface area contributed by atoms with Crippen LogP contribution in [0.25, 0.3) is 0 Å². The monoisotopic (exact) mass is 267 g/mol. The zero-order valence-electron chi connectivity index (χ0n) is 13.5. The van der Waals surface area contributed by atoms with Gasteiger partial charge in [-0.2, -0.15) is 0 Å². The number of rotatable bonds is 10. The minimum atomic E-state index is 0.493. The third kappa shape index (κ3) is 7.97. The topological polar surface area (TPSA) is 26.0 Å². The van der Waals surface area contributed by atoms with Crippen molar-refractivity contribution in [2.24, 2.45) is 17.6 Å². The third-order valence-electron chi connectivity index (χ3n) is 5.06. The molecule has 0 aromatic carbocycles. The zero-order chi connectivity index (χ0) is 13.9. The number of hydrogen-bond donors (Lipinski definition) is 1. The summed E-state index contributed by atoms with van der Waals surface area (Å²) in [7, 11) is 0. The van der Waals surface area contributed by atoms with Crippen molar-refractivity contribution in [1.82, 2.24) is 0 Å². The fourth-order valence-corrected chi connectivity index (χ4v) is 3.46. The van der Waals surface area contributed by atoms with Crippen LogP contribution in [-0.4, -0.2) is 6.04 Å². The first kappa shape index (κ1) is 17.0. The molecule has 1 unspecified atom stereocenters. The van der Waals surface area contributed by atoms with Gasteiger partial charge in [-0.3, -0.25) is 0 Å². The maximum Gasteiger partial charge on any atom is 0.00671 e. The molecule has 0 amide bonds. The highest BCUT2D eigenvalue weighted by atomic mass is 14.6. The Morgan fingerprint density at radius 1 is 0.842 bits per heavy atom. The maximum atomic E-state index is 6.37. The molecule has 114 valence electrons. The first-order valence-electron chi connectivity index (χ1n) is 8.99. The molecule has 0 aliphatic heterocycles. The van der Waals surface area contributed by atoms with Gasteiger partial charge in [-0.25, -0.2) is 0 Å². The van der Waals surface area contributed by atoms with Gasteiger partial charge < -0.3 is 5.73 Å². The molecular formula is C18H37N. The molecule has 0 heterocycles. The van der Waals surface area contributed by atoms with E-state index in [2.05, 4.69) is 13.8 Å². The van der Waals surface area contributed by atoms with Gasteiger partial charge in [-0.1, -0.05) is 78.1 Å². The predicted molar refractivity (Wildman–Crippen MR) is 86.3 cm³/mol. The molecule has 0 spiro atoms. The van der Waals surface area contributed by atoms with Crippen molar-refractivity contribution in [1.29, 1.82) is 0 Å². The first-order chi connectivity index (χ1) is 9.24. The van der Waals surface area contributed by atoms with E-state index in [1.807, 2.05) is 0 Å². The van der Waals surface area contributed by atoms with Gasteiger partial charge in [0.25, 0.3) is 0 Å². The van der Waals surface area contributed by atoms with Crippen molar-refractivity contribution in [3.63, 3.8) is 0 Å². The summed E-state index contributed by atoms with van der Waals surface area (Å²) in [6.07, 6.45) is 18.2. The van der Waals surface area contributed by atoms with E-state index >= 15 is 0 Å². The third-order valence-corrected chi connectivity index (χ3v) is 5.06. The van der Waals surface area contributed by atoms with Gasteiger partial charge in [0, 0.05) is 6.04 Å². The van der Waals surface area contributed by atoms with Gasteiger partial charge in [0.15, 0.2) is 0 Å². The second-order valence-electron chi connectivity index (χ2n) is 6.95. The quantitative estimate of drug-likeness (QED) is 0.507. The number of unbranched alkanes of at least 4 members (excludes halogenated alkanes) is 7. The van der Waals surface area contributed by atoms with E-state index < -0.39 is 0 Å². The molecule has 0 aromatic rings. The summed E-state index contributed by atoms with van der Waals surface area (Å²) in [5.74, 6) is 1.78. The molecule has 19 heavy (non-hydrogen) atoms. The molecule has 2 N–H and O–H groups in total. The normalized spacial score (nSPS) is 25.4. The van der Waals surface area contributed by atoms with Crippen molar-refractivity contribution >= 4 is 0 Å². The molecule has 0 bridgehead atoms. The summed E-state index contributed by atoms with van der Waals surface area (Å²) < 4.78 is 0. The van der Waals surface area contributed by atoms with Gasteiger partial charge in [0.05, 0.1) is 0 Å². The number of nitrogens with two attached hydrogens (primary N) is 1. The molecule has 1 heteroatoms. The van der Waals surface area contributed by atoms with Crippen LogP contribution in [0, 0.1) is 11.8 Å². The molecule has 0 radical (unpaired) electrons. The summed E-state index contributed by atoms with van der Waals surface area (Å²) in [6, 6.07) is 0.493. The highest BCUT2D eigenvalue weighted by Crippen LogP contribution is 2.31. The van der Waals surface area contributed by atoms with E-state index in [4.69, 9.17) is 5.73 Å². The molecule has 0 aromatic heterocycles. The van der Waals surface area contributed by atoms with Gasteiger partial charge >= 0.3 is 0 Å². The van der Waals surface area contributed by atoms with Gasteiger partial charge in [0.2, 0.25) is 0 Å². The van der Waals surface area contributed by atoms with E-state index in [9.17, 15) is 0 Å². The Morgan fingerprint density at radius 3 is 1.95 bits per heavy atom. The van der Waals surface area contributed by atoms with Gasteiger partial charge in [0.1, 0.15) is 0 Å². The Labute approximate surface area is 121 Å². The van der Waals surface area contributed by atoms with Crippen molar-refractivity contribution in [3.05, 3.63) is 0 Å². The molecule has 1 aliphatic carbocycles. The Morgan fingerprint density at radius 2 is 1.37 bits per heavy atom. The SMILES string of the molecule is CCCCCCCCCCC(N)C1CCC(C)CC1. The fourth-order valence-electron chi connectivity index (χ4n) is 3.46. The molecule has 1 fully saturated rings. The van der Waals surface area contributed by atoms with E-state index in [1.54, 1.807) is 0 Å². The fraction of sp³-hybridized carbons (Fsp3) is 1.00. The predicted octanol–water partition coefficient (Wildman–Crippen LogP) is 5.67. The summed E-state index contributed by atoms with van der Waals surface area (Å²) in [5.41, 5.74) is 6.37. The minimum absolute atomic E-state index is 0.493. The van der Waals surface area contributed by atoms with Crippen LogP contribution in [0.2, 0.25) is 0 Å². The van der Waals surface area contributed by atoms with E-state index in [-0.39, 0.29) is 0 Å². The average molecular weight is 268 g/mol. The van der Waals surface area contributed by atoms with Crippen LogP contribution in [0.4, 0.5) is 0 Å². The molecule has 1 aliphatic rings. The molecule has 1 atom stereocenters. The molecule has 0 saturated heterocycles. The van der Waals surface area contributed by atoms with Crippen LogP contribution < -0.4 is 5.73 Å². The van der Waals surface area contributed by atoms with E-state index in [0.29, 0.717) is 6.04 Å². The second kappa shape index (κ2) is 10.7. The lowest BCUT2D eigenvalue weighted by Gasteiger charge is -2.30. The lowest BCUT2D eigenvalue weighted by atomic mass is 9.78. The Bertz CT molecular complexity index is 194. The van der Waals surface area contributed by atoms with Crippen LogP contribution in [0.3, 0.4) is 0 Å². The average Bonchev–Trinajstić information content (AvgIpc) is 2.42. The number of hydrogen-bond acceptors (Lipinski definition) is 1. The summed E-state index contributed by atoms with van der Waals surface area (Å²) in [4.78, 5) is 0. The van der Waals surface area contributed by atoms with Crippen LogP contribution in [0.5, 0.6) is 0 Å². The Kier molecular flexibility index (Phi) is 9.59. The largest absolute Gasteiger partial charge is 0.327 e. The van der Waals surface area contributed by atoms with Crippen molar-refractivity contribution in [3.8, 4) is 0 Å². The lowest BCUT2D eigenvalue weighted by Crippen LogP contribution is -2.32. The van der Waals surface area contributed by atoms with Crippen LogP contribution in [0.1, 0.15) is 97.3 Å². The highest BCUT2D eigenvalue weighted by Gasteiger charge is 2.22. The second-order valence-corrected chi connectivity index (χ2v) is 6.95. The standard InChI is InChI=1S/C18H37N/c1-3-4-5-6-7-8-9-10-11-18(19)17-14-12-16(2)13-15-17/h16-18H,3-15,19H2,1-2H3. The van der Waals surface area contributed by atoms with Gasteiger partial charge in [-0.05, 0) is 31.1 Å². The van der Waals surface area contributed by atoms with E-state index in [0.717, 1.165) is 11.8 Å². The Hall–Kier alpha value is -0.0400. The van der Waals surface area contributed by atoms with Crippen molar-refractivity contribution in [2.75, 3.05) is 0 Å². The van der Waals surface area contributed by atoms with Crippen LogP contribution in [0.15, 0.2) is 0 Å². The molecule has 1 saturated carbocycles. The van der Waals surface area contributed by atoms with Crippen molar-refractivity contribution < 1.29 is 0 Å². The van der Waals surface area contributed by atoms with Gasteiger partial charge in [-0.15, -0.1) is 0 Å². The maximum absolute atomic E-state index is 6.37. The van der Waals surface area contributed by atoms with E-state index in [1.165, 1.54) is 83.5 Å². The highest BCUT2D eigenvalue weighted by molar-refractivity contribution is 4.78. The van der Waals surface area contributed by atoms with Crippen LogP contribution in [-0.2, 0) is 0 Å². The summed E-state index contributed by atoms with van der Waals surface area (Å²) in [6.45, 7) is 4.67. The first-order valence-corrected chi connectivity index (χ1v) is 8.99. The lowest BCUT2D eigenvalue weighted by molar-refractivity contribution is 0.245. The summed E-state index contributed by atoms with van der Waals surface area (Å²) >= 11 is 0. The molecule has 1 nitrogen and oxygen atoms in total. The zero-order valence-corrected chi connectivity index (χ0v) is 13.5. The molecular weight excluding hydrogens is 230 g/mol. The smallest absolute Gasteiger partial charge is 0.00671 e. The van der Waals surface area contributed by atoms with Crippen LogP contribution >= 0.6 is 0 Å². The molecule has 1 rings (SSSR count).